The molecule has 0 aromatic carbocycles. The zero-order valence-corrected chi connectivity index (χ0v) is 12.2. The molecule has 1 N–H and O–H groups in total. The lowest BCUT2D eigenvalue weighted by molar-refractivity contribution is 0.708. The van der Waals surface area contributed by atoms with Crippen molar-refractivity contribution in [1.82, 2.24) is 15.3 Å². The quantitative estimate of drug-likeness (QED) is 0.838. The maximum absolute atomic E-state index is 4.67. The summed E-state index contributed by atoms with van der Waals surface area (Å²) in [6, 6.07) is 12.2. The summed E-state index contributed by atoms with van der Waals surface area (Å²) in [6.07, 6.45) is 2.76. The fourth-order valence-electron chi connectivity index (χ4n) is 1.97. The van der Waals surface area contributed by atoms with Gasteiger partial charge < -0.3 is 10.2 Å². The lowest BCUT2D eigenvalue weighted by atomic mass is 10.2. The molecular weight excluding hydrogens is 248 g/mol. The van der Waals surface area contributed by atoms with Crippen LogP contribution in [0.4, 0.5) is 5.82 Å². The van der Waals surface area contributed by atoms with Crippen molar-refractivity contribution in [3.63, 3.8) is 0 Å². The van der Waals surface area contributed by atoms with Crippen LogP contribution < -0.4 is 10.2 Å². The molecule has 0 radical (unpaired) electrons. The maximum Gasteiger partial charge on any atom is 0.128 e. The summed E-state index contributed by atoms with van der Waals surface area (Å²) in [7, 11) is 2.07. The van der Waals surface area contributed by atoms with Crippen LogP contribution in [0.2, 0.25) is 0 Å². The Morgan fingerprint density at radius 1 is 1.10 bits per heavy atom. The second-order valence-corrected chi connectivity index (χ2v) is 4.76. The molecule has 4 nitrogen and oxygen atoms in total. The Morgan fingerprint density at radius 2 is 1.95 bits per heavy atom. The first kappa shape index (κ1) is 14.5. The molecule has 2 aromatic rings. The molecule has 106 valence electrons. The van der Waals surface area contributed by atoms with Gasteiger partial charge >= 0.3 is 0 Å². The molecular formula is C16H22N4. The number of pyridine rings is 2. The van der Waals surface area contributed by atoms with E-state index in [2.05, 4.69) is 52.4 Å². The number of rotatable bonds is 7. The van der Waals surface area contributed by atoms with Crippen molar-refractivity contribution in [3.8, 4) is 0 Å². The van der Waals surface area contributed by atoms with Crippen LogP contribution in [0.3, 0.4) is 0 Å². The van der Waals surface area contributed by atoms with Gasteiger partial charge in [0.15, 0.2) is 0 Å². The summed E-state index contributed by atoms with van der Waals surface area (Å²) < 4.78 is 0. The number of likely N-dealkylation sites (N-methyl/N-ethyl adjacent to an activating group) is 1. The van der Waals surface area contributed by atoms with Gasteiger partial charge in [-0.3, -0.25) is 4.98 Å². The Labute approximate surface area is 120 Å². The van der Waals surface area contributed by atoms with Gasteiger partial charge in [0.25, 0.3) is 0 Å². The van der Waals surface area contributed by atoms with Gasteiger partial charge in [-0.15, -0.1) is 0 Å². The van der Waals surface area contributed by atoms with Crippen molar-refractivity contribution < 1.29 is 0 Å². The SMILES string of the molecule is CCNCc1cccc(N(C)CCc2ccccn2)n1. The van der Waals surface area contributed by atoms with Crippen LogP contribution in [0.15, 0.2) is 42.6 Å². The molecule has 0 atom stereocenters. The van der Waals surface area contributed by atoms with E-state index in [0.717, 1.165) is 43.3 Å². The highest BCUT2D eigenvalue weighted by Gasteiger charge is 2.04. The zero-order chi connectivity index (χ0) is 14.2. The topological polar surface area (TPSA) is 41.0 Å². The Balaban J connectivity index is 1.93. The van der Waals surface area contributed by atoms with Gasteiger partial charge in [-0.2, -0.15) is 0 Å². The van der Waals surface area contributed by atoms with Crippen molar-refractivity contribution in [2.75, 3.05) is 25.0 Å². The first-order valence-electron chi connectivity index (χ1n) is 7.07. The highest BCUT2D eigenvalue weighted by atomic mass is 15.2. The Bertz CT molecular complexity index is 513. The van der Waals surface area contributed by atoms with Gasteiger partial charge in [-0.05, 0) is 30.8 Å². The molecule has 0 aliphatic carbocycles. The Kier molecular flexibility index (Phi) is 5.50. The minimum absolute atomic E-state index is 0.818. The van der Waals surface area contributed by atoms with Crippen LogP contribution >= 0.6 is 0 Å². The number of hydrogen-bond acceptors (Lipinski definition) is 4. The molecule has 0 aliphatic rings. The minimum atomic E-state index is 0.818. The molecule has 0 bridgehead atoms. The fourth-order valence-corrected chi connectivity index (χ4v) is 1.97. The number of aromatic nitrogens is 2. The summed E-state index contributed by atoms with van der Waals surface area (Å²) in [4.78, 5) is 11.2. The largest absolute Gasteiger partial charge is 0.359 e. The van der Waals surface area contributed by atoms with E-state index in [1.807, 2.05) is 24.4 Å². The third-order valence-corrected chi connectivity index (χ3v) is 3.17. The summed E-state index contributed by atoms with van der Waals surface area (Å²) in [5, 5.41) is 3.30. The van der Waals surface area contributed by atoms with E-state index >= 15 is 0 Å². The van der Waals surface area contributed by atoms with Crippen molar-refractivity contribution >= 4 is 5.82 Å². The molecule has 0 spiro atoms. The smallest absolute Gasteiger partial charge is 0.128 e. The monoisotopic (exact) mass is 270 g/mol. The third-order valence-electron chi connectivity index (χ3n) is 3.17. The first-order valence-corrected chi connectivity index (χ1v) is 7.07. The van der Waals surface area contributed by atoms with E-state index in [1.165, 1.54) is 0 Å². The van der Waals surface area contributed by atoms with Gasteiger partial charge in [0, 0.05) is 38.4 Å². The lowest BCUT2D eigenvalue weighted by Gasteiger charge is -2.18. The molecule has 2 rings (SSSR count). The van der Waals surface area contributed by atoms with Crippen molar-refractivity contribution in [2.24, 2.45) is 0 Å². The first-order chi connectivity index (χ1) is 9.79. The van der Waals surface area contributed by atoms with Crippen LogP contribution in [0.5, 0.6) is 0 Å². The van der Waals surface area contributed by atoms with Crippen LogP contribution in [0.25, 0.3) is 0 Å². The number of nitrogens with zero attached hydrogens (tertiary/aromatic N) is 3. The van der Waals surface area contributed by atoms with Crippen LogP contribution in [0, 0.1) is 0 Å². The number of nitrogens with one attached hydrogen (secondary N) is 1. The highest BCUT2D eigenvalue weighted by Crippen LogP contribution is 2.10. The molecule has 0 fully saturated rings. The van der Waals surface area contributed by atoms with E-state index < -0.39 is 0 Å². The normalized spacial score (nSPS) is 10.5. The van der Waals surface area contributed by atoms with Crippen LogP contribution in [-0.2, 0) is 13.0 Å². The van der Waals surface area contributed by atoms with Crippen molar-refractivity contribution in [1.29, 1.82) is 0 Å². The molecule has 0 amide bonds. The molecule has 0 aliphatic heterocycles. The van der Waals surface area contributed by atoms with E-state index in [9.17, 15) is 0 Å². The van der Waals surface area contributed by atoms with Gasteiger partial charge in [-0.25, -0.2) is 4.98 Å². The number of anilines is 1. The van der Waals surface area contributed by atoms with Crippen molar-refractivity contribution in [3.05, 3.63) is 54.0 Å². The number of hydrogen-bond donors (Lipinski definition) is 1. The summed E-state index contributed by atoms with van der Waals surface area (Å²) >= 11 is 0. The van der Waals surface area contributed by atoms with E-state index in [-0.39, 0.29) is 0 Å². The zero-order valence-electron chi connectivity index (χ0n) is 12.2. The Hall–Kier alpha value is -1.94. The third kappa shape index (κ3) is 4.31. The molecule has 20 heavy (non-hydrogen) atoms. The van der Waals surface area contributed by atoms with Gasteiger partial charge in [-0.1, -0.05) is 19.1 Å². The molecule has 0 saturated heterocycles. The van der Waals surface area contributed by atoms with E-state index in [0.29, 0.717) is 0 Å². The molecule has 4 heteroatoms. The van der Waals surface area contributed by atoms with Crippen LogP contribution in [0.1, 0.15) is 18.3 Å². The van der Waals surface area contributed by atoms with Gasteiger partial charge in [0.1, 0.15) is 5.82 Å². The summed E-state index contributed by atoms with van der Waals surface area (Å²) in [5.74, 6) is 1.01. The van der Waals surface area contributed by atoms with Crippen molar-refractivity contribution in [2.45, 2.75) is 19.9 Å². The summed E-state index contributed by atoms with van der Waals surface area (Å²) in [6.45, 7) is 4.79. The molecule has 2 aromatic heterocycles. The predicted molar refractivity (Wildman–Crippen MR) is 82.8 cm³/mol. The minimum Gasteiger partial charge on any atom is -0.359 e. The molecule has 0 saturated carbocycles. The maximum atomic E-state index is 4.67. The Morgan fingerprint density at radius 3 is 2.70 bits per heavy atom. The summed E-state index contributed by atoms with van der Waals surface area (Å²) in [5.41, 5.74) is 2.19. The van der Waals surface area contributed by atoms with E-state index in [4.69, 9.17) is 0 Å². The lowest BCUT2D eigenvalue weighted by Crippen LogP contribution is -2.22. The van der Waals surface area contributed by atoms with Gasteiger partial charge in [0.2, 0.25) is 0 Å². The second kappa shape index (κ2) is 7.60. The fraction of sp³-hybridized carbons (Fsp3) is 0.375. The van der Waals surface area contributed by atoms with E-state index in [1.54, 1.807) is 0 Å². The predicted octanol–water partition coefficient (Wildman–Crippen LogP) is 2.27. The average molecular weight is 270 g/mol. The molecule has 0 unspecified atom stereocenters. The second-order valence-electron chi connectivity index (χ2n) is 4.76. The van der Waals surface area contributed by atoms with Crippen LogP contribution in [-0.4, -0.2) is 30.1 Å². The molecule has 2 heterocycles. The van der Waals surface area contributed by atoms with Gasteiger partial charge in [0.05, 0.1) is 5.69 Å². The highest BCUT2D eigenvalue weighted by molar-refractivity contribution is 5.38. The standard InChI is InChI=1S/C16H22N4/c1-3-17-13-15-8-6-9-16(19-15)20(2)12-10-14-7-4-5-11-18-14/h4-9,11,17H,3,10,12-13H2,1-2H3. The average Bonchev–Trinajstić information content (AvgIpc) is 2.52.